The van der Waals surface area contributed by atoms with Gasteiger partial charge in [-0.25, -0.2) is 0 Å². The lowest BCUT2D eigenvalue weighted by Crippen LogP contribution is -2.28. The van der Waals surface area contributed by atoms with E-state index in [-0.39, 0.29) is 5.91 Å². The minimum absolute atomic E-state index is 0.0279. The molecule has 1 amide bonds. The third-order valence-corrected chi connectivity index (χ3v) is 4.97. The quantitative estimate of drug-likeness (QED) is 0.844. The van der Waals surface area contributed by atoms with Crippen LogP contribution in [0.4, 0.5) is 5.69 Å². The van der Waals surface area contributed by atoms with Gasteiger partial charge >= 0.3 is 0 Å². The van der Waals surface area contributed by atoms with E-state index in [1.807, 2.05) is 37.3 Å². The number of benzene rings is 2. The number of methoxy groups -OCH3 is 1. The van der Waals surface area contributed by atoms with Crippen LogP contribution in [0.25, 0.3) is 0 Å². The molecule has 3 nitrogen and oxygen atoms in total. The first-order chi connectivity index (χ1) is 11.0. The van der Waals surface area contributed by atoms with Crippen molar-refractivity contribution in [3.63, 3.8) is 0 Å². The van der Waals surface area contributed by atoms with E-state index in [2.05, 4.69) is 5.32 Å². The summed E-state index contributed by atoms with van der Waals surface area (Å²) < 4.78 is 5.32. The van der Waals surface area contributed by atoms with Gasteiger partial charge in [-0.3, -0.25) is 4.79 Å². The van der Waals surface area contributed by atoms with Gasteiger partial charge in [0.1, 0.15) is 5.75 Å². The van der Waals surface area contributed by atoms with Gasteiger partial charge in [-0.05, 0) is 49.1 Å². The second-order valence-electron chi connectivity index (χ2n) is 5.84. The molecule has 1 fully saturated rings. The molecule has 3 rings (SSSR count). The fourth-order valence-electron chi connectivity index (χ4n) is 2.71. The van der Waals surface area contributed by atoms with Gasteiger partial charge in [-0.15, -0.1) is 0 Å². The first kappa shape index (κ1) is 16.2. The zero-order valence-corrected chi connectivity index (χ0v) is 14.5. The Hall–Kier alpha value is -1.71. The molecule has 1 aliphatic carbocycles. The van der Waals surface area contributed by atoms with Crippen molar-refractivity contribution in [3.05, 3.63) is 57.6 Å². The van der Waals surface area contributed by atoms with Crippen molar-refractivity contribution in [2.24, 2.45) is 0 Å². The SMILES string of the molecule is COc1cc(Cl)c(C)cc1NC(=O)C1(c2ccc(Cl)cc2)CC1. The van der Waals surface area contributed by atoms with E-state index in [4.69, 9.17) is 27.9 Å². The molecule has 0 aromatic heterocycles. The lowest BCUT2D eigenvalue weighted by atomic mass is 9.95. The number of amides is 1. The molecule has 2 aromatic rings. The Kier molecular flexibility index (Phi) is 4.26. The van der Waals surface area contributed by atoms with Crippen molar-refractivity contribution in [2.45, 2.75) is 25.2 Å². The molecule has 23 heavy (non-hydrogen) atoms. The Morgan fingerprint density at radius 2 is 1.83 bits per heavy atom. The zero-order valence-electron chi connectivity index (χ0n) is 13.0. The topological polar surface area (TPSA) is 38.3 Å². The van der Waals surface area contributed by atoms with Gasteiger partial charge in [0.2, 0.25) is 5.91 Å². The molecule has 0 heterocycles. The Bertz CT molecular complexity index is 752. The normalized spacial score (nSPS) is 15.1. The van der Waals surface area contributed by atoms with E-state index in [0.717, 1.165) is 24.0 Å². The van der Waals surface area contributed by atoms with Gasteiger partial charge in [-0.1, -0.05) is 35.3 Å². The summed E-state index contributed by atoms with van der Waals surface area (Å²) in [6, 6.07) is 11.0. The molecule has 0 spiro atoms. The first-order valence-electron chi connectivity index (χ1n) is 7.38. The number of aryl methyl sites for hydroxylation is 1. The van der Waals surface area contributed by atoms with E-state index in [1.54, 1.807) is 13.2 Å². The second kappa shape index (κ2) is 6.06. The summed E-state index contributed by atoms with van der Waals surface area (Å²) in [6.45, 7) is 1.89. The van der Waals surface area contributed by atoms with Crippen LogP contribution in [-0.4, -0.2) is 13.0 Å². The van der Waals surface area contributed by atoms with Crippen LogP contribution in [0.2, 0.25) is 10.0 Å². The van der Waals surface area contributed by atoms with Gasteiger partial charge in [-0.2, -0.15) is 0 Å². The second-order valence-corrected chi connectivity index (χ2v) is 6.69. The Morgan fingerprint density at radius 1 is 1.17 bits per heavy atom. The van der Waals surface area contributed by atoms with Crippen molar-refractivity contribution >= 4 is 34.8 Å². The highest BCUT2D eigenvalue weighted by molar-refractivity contribution is 6.31. The molecule has 5 heteroatoms. The summed E-state index contributed by atoms with van der Waals surface area (Å²) in [5.74, 6) is 0.528. The number of nitrogens with one attached hydrogen (secondary N) is 1. The van der Waals surface area contributed by atoms with Crippen LogP contribution >= 0.6 is 23.2 Å². The summed E-state index contributed by atoms with van der Waals surface area (Å²) in [7, 11) is 1.56. The molecule has 0 saturated heterocycles. The van der Waals surface area contributed by atoms with Crippen molar-refractivity contribution in [2.75, 3.05) is 12.4 Å². The van der Waals surface area contributed by atoms with Gasteiger partial charge < -0.3 is 10.1 Å². The lowest BCUT2D eigenvalue weighted by Gasteiger charge is -2.18. The monoisotopic (exact) mass is 349 g/mol. The van der Waals surface area contributed by atoms with Crippen LogP contribution < -0.4 is 10.1 Å². The van der Waals surface area contributed by atoms with Crippen molar-refractivity contribution in [1.29, 1.82) is 0 Å². The zero-order chi connectivity index (χ0) is 16.6. The van der Waals surface area contributed by atoms with E-state index < -0.39 is 5.41 Å². The minimum Gasteiger partial charge on any atom is -0.495 e. The number of hydrogen-bond acceptors (Lipinski definition) is 2. The largest absolute Gasteiger partial charge is 0.495 e. The minimum atomic E-state index is -0.469. The fourth-order valence-corrected chi connectivity index (χ4v) is 2.99. The lowest BCUT2D eigenvalue weighted by molar-refractivity contribution is -0.118. The molecule has 1 saturated carbocycles. The van der Waals surface area contributed by atoms with Crippen LogP contribution in [0, 0.1) is 6.92 Å². The maximum absolute atomic E-state index is 12.8. The highest BCUT2D eigenvalue weighted by Gasteiger charge is 2.51. The highest BCUT2D eigenvalue weighted by Crippen LogP contribution is 2.49. The van der Waals surface area contributed by atoms with Gasteiger partial charge in [0, 0.05) is 16.1 Å². The van der Waals surface area contributed by atoms with E-state index in [0.29, 0.717) is 21.5 Å². The van der Waals surface area contributed by atoms with Gasteiger partial charge in [0.05, 0.1) is 18.2 Å². The smallest absolute Gasteiger partial charge is 0.235 e. The predicted octanol–water partition coefficient (Wildman–Crippen LogP) is 4.98. The number of anilines is 1. The summed E-state index contributed by atoms with van der Waals surface area (Å²) in [6.07, 6.45) is 1.66. The summed E-state index contributed by atoms with van der Waals surface area (Å²) in [4.78, 5) is 12.8. The molecule has 0 bridgehead atoms. The number of carbonyl (C=O) groups is 1. The Balaban J connectivity index is 1.87. The summed E-state index contributed by atoms with van der Waals surface area (Å²) in [5, 5.41) is 4.27. The molecule has 1 N–H and O–H groups in total. The number of rotatable bonds is 4. The van der Waals surface area contributed by atoms with Crippen molar-refractivity contribution in [1.82, 2.24) is 0 Å². The van der Waals surface area contributed by atoms with Crippen LogP contribution in [0.3, 0.4) is 0 Å². The molecule has 1 aliphatic rings. The van der Waals surface area contributed by atoms with E-state index in [1.165, 1.54) is 0 Å². The molecule has 0 unspecified atom stereocenters. The first-order valence-corrected chi connectivity index (χ1v) is 8.13. The molecule has 120 valence electrons. The average molecular weight is 350 g/mol. The van der Waals surface area contributed by atoms with Crippen molar-refractivity contribution in [3.8, 4) is 5.75 Å². The molecule has 0 aliphatic heterocycles. The number of carbonyl (C=O) groups excluding carboxylic acids is 1. The third kappa shape index (κ3) is 3.04. The highest BCUT2D eigenvalue weighted by atomic mass is 35.5. The molecule has 2 aromatic carbocycles. The van der Waals surface area contributed by atoms with E-state index >= 15 is 0 Å². The van der Waals surface area contributed by atoms with Gasteiger partial charge in [0.15, 0.2) is 0 Å². The van der Waals surface area contributed by atoms with Crippen LogP contribution in [0.15, 0.2) is 36.4 Å². The van der Waals surface area contributed by atoms with Crippen LogP contribution in [0.5, 0.6) is 5.75 Å². The number of hydrogen-bond donors (Lipinski definition) is 1. The summed E-state index contributed by atoms with van der Waals surface area (Å²) >= 11 is 12.0. The maximum atomic E-state index is 12.8. The fraction of sp³-hybridized carbons (Fsp3) is 0.278. The maximum Gasteiger partial charge on any atom is 0.235 e. The molecular formula is C18H17Cl2NO2. The molecule has 0 radical (unpaired) electrons. The summed E-state index contributed by atoms with van der Waals surface area (Å²) in [5.41, 5.74) is 2.05. The van der Waals surface area contributed by atoms with Gasteiger partial charge in [0.25, 0.3) is 0 Å². The number of halogens is 2. The standard InChI is InChI=1S/C18H17Cl2NO2/c1-11-9-15(16(23-2)10-14(11)20)21-17(22)18(7-8-18)12-3-5-13(19)6-4-12/h3-6,9-10H,7-8H2,1-2H3,(H,21,22). The average Bonchev–Trinajstić information content (AvgIpc) is 3.33. The molecule has 0 atom stereocenters. The Morgan fingerprint density at radius 3 is 2.39 bits per heavy atom. The predicted molar refractivity (Wildman–Crippen MR) is 93.7 cm³/mol. The molecular weight excluding hydrogens is 333 g/mol. The van der Waals surface area contributed by atoms with E-state index in [9.17, 15) is 4.79 Å². The third-order valence-electron chi connectivity index (χ3n) is 4.31. The Labute approximate surface area is 145 Å². The van der Waals surface area contributed by atoms with Crippen molar-refractivity contribution < 1.29 is 9.53 Å². The van der Waals surface area contributed by atoms with Crippen LogP contribution in [-0.2, 0) is 10.2 Å². The number of ether oxygens (including phenoxy) is 1. The van der Waals surface area contributed by atoms with Crippen LogP contribution in [0.1, 0.15) is 24.0 Å².